The van der Waals surface area contributed by atoms with Gasteiger partial charge in [-0.3, -0.25) is 0 Å². The number of pyridine rings is 2. The number of rotatable bonds is 8. The maximum atomic E-state index is 10.8. The van der Waals surface area contributed by atoms with Crippen molar-refractivity contribution in [3.05, 3.63) is 120 Å². The summed E-state index contributed by atoms with van der Waals surface area (Å²) in [5.41, 5.74) is 5.41. The van der Waals surface area contributed by atoms with E-state index in [4.69, 9.17) is 38.2 Å². The summed E-state index contributed by atoms with van der Waals surface area (Å²) in [4.78, 5) is 65.5. The van der Waals surface area contributed by atoms with Crippen molar-refractivity contribution in [3.63, 3.8) is 0 Å². The van der Waals surface area contributed by atoms with E-state index in [1.54, 1.807) is 0 Å². The molecule has 2 saturated heterocycles. The number of aliphatic hydroxyl groups excluding tert-OH is 1. The van der Waals surface area contributed by atoms with Crippen molar-refractivity contribution in [1.29, 1.82) is 0 Å². The Bertz CT molecular complexity index is 2910. The van der Waals surface area contributed by atoms with E-state index in [-0.39, 0.29) is 44.5 Å². The molecule has 8 aromatic rings. The average Bonchev–Trinajstić information content (AvgIpc) is 3.97. The van der Waals surface area contributed by atoms with Gasteiger partial charge in [-0.15, -0.1) is 0 Å². The van der Waals surface area contributed by atoms with Crippen LogP contribution in [0.2, 0.25) is 10.0 Å². The lowest BCUT2D eigenvalue weighted by Gasteiger charge is -2.32. The van der Waals surface area contributed by atoms with Crippen LogP contribution in [0.1, 0.15) is 61.8 Å². The van der Waals surface area contributed by atoms with Crippen molar-refractivity contribution < 1.29 is 34.4 Å². The molecule has 2 aromatic carbocycles. The number of carboxylic acids is 1. The van der Waals surface area contributed by atoms with E-state index in [2.05, 4.69) is 64.4 Å². The molecule has 0 bridgehead atoms. The number of halogens is 2. The average molecular weight is 966 g/mol. The molecule has 0 amide bonds. The Morgan fingerprint density at radius 2 is 1.12 bits per heavy atom. The zero-order valence-electron chi connectivity index (χ0n) is 35.3. The minimum atomic E-state index is -1.16. The monoisotopic (exact) mass is 964 g/mol. The number of piperidine rings is 2. The van der Waals surface area contributed by atoms with Crippen LogP contribution < -0.4 is 14.5 Å². The number of aromatic amines is 2. The smallest absolute Gasteiger partial charge is 0.376 e. The Hall–Kier alpha value is -7.48. The van der Waals surface area contributed by atoms with Crippen molar-refractivity contribution >= 4 is 68.8 Å². The molecule has 8 heterocycles. The van der Waals surface area contributed by atoms with Crippen LogP contribution in [-0.2, 0) is 4.74 Å². The molecule has 0 spiro atoms. The Morgan fingerprint density at radius 1 is 0.647 bits per heavy atom. The standard InChI is InChI=1S/C22H19ClN6O3.C17H17ClN4O.C6H6N2O3.2CH4/c23-14-2-3-17-18(9-14)28-20(27-17)13-1-4-19(24-10-13)29-7-5-15(6-8-29)32-16-11-25-21(22(30)31)26-12-16;18-12-2-3-14-15(9-12)21-17(20-14)11-1-4-16(19-10-11)22-7-5-13(23)6-8-22;1-11-6(10)5-7-2-4(9)3-8-5;;/h1-4,9-12,15H,5-8H2,(H,27,28)(H,30,31);1-4,9-10,13,23H,5-8H2,(H,20,21);2-3,9H,1H3;2*1H4. The quantitative estimate of drug-likeness (QED) is 0.0898. The Balaban J connectivity index is 0.000000185. The number of nitrogens with zero attached hydrogens (tertiary/aromatic N) is 10. The van der Waals surface area contributed by atoms with E-state index in [1.807, 2.05) is 73.1 Å². The van der Waals surface area contributed by atoms with E-state index in [1.165, 1.54) is 19.5 Å². The van der Waals surface area contributed by atoms with Gasteiger partial charge in [-0.1, -0.05) is 38.1 Å². The largest absolute Gasteiger partial charge is 0.505 e. The van der Waals surface area contributed by atoms with Crippen molar-refractivity contribution in [1.82, 2.24) is 49.8 Å². The Morgan fingerprint density at radius 3 is 1.56 bits per heavy atom. The predicted molar refractivity (Wildman–Crippen MR) is 259 cm³/mol. The molecule has 0 saturated carbocycles. The third kappa shape index (κ3) is 12.5. The predicted octanol–water partition coefficient (Wildman–Crippen LogP) is 8.29. The summed E-state index contributed by atoms with van der Waals surface area (Å²) in [6.07, 6.45) is 11.8. The summed E-state index contributed by atoms with van der Waals surface area (Å²) < 4.78 is 10.2. The number of carbonyl (C=O) groups excluding carboxylic acids is 1. The van der Waals surface area contributed by atoms with Gasteiger partial charge in [0, 0.05) is 72.6 Å². The first-order valence-corrected chi connectivity index (χ1v) is 21.5. The number of hydrogen-bond donors (Lipinski definition) is 5. The number of anilines is 2. The van der Waals surface area contributed by atoms with Crippen LogP contribution in [0.25, 0.3) is 44.8 Å². The highest BCUT2D eigenvalue weighted by Gasteiger charge is 2.23. The molecule has 0 radical (unpaired) electrons. The number of hydrogen-bond acceptors (Lipinski definition) is 16. The van der Waals surface area contributed by atoms with E-state index < -0.39 is 11.9 Å². The lowest BCUT2D eigenvalue weighted by Crippen LogP contribution is -2.38. The van der Waals surface area contributed by atoms with Crippen LogP contribution in [0.5, 0.6) is 11.5 Å². The maximum Gasteiger partial charge on any atom is 0.376 e. The molecule has 0 aliphatic carbocycles. The number of aliphatic hydroxyl groups is 1. The third-order valence-corrected chi connectivity index (χ3v) is 11.1. The number of methoxy groups -OCH3 is 1. The number of imidazole rings is 2. The van der Waals surface area contributed by atoms with E-state index >= 15 is 0 Å². The molecule has 2 fully saturated rings. The Labute approximate surface area is 401 Å². The third-order valence-electron chi connectivity index (χ3n) is 10.6. The highest BCUT2D eigenvalue weighted by atomic mass is 35.5. The van der Waals surface area contributed by atoms with Gasteiger partial charge in [-0.25, -0.2) is 49.5 Å². The first kappa shape index (κ1) is 49.9. The number of nitrogens with one attached hydrogen (secondary N) is 2. The summed E-state index contributed by atoms with van der Waals surface area (Å²) >= 11 is 12.1. The topological polar surface area (TPSA) is 254 Å². The first-order chi connectivity index (χ1) is 32.0. The van der Waals surface area contributed by atoms with Gasteiger partial charge in [-0.2, -0.15) is 0 Å². The molecule has 0 atom stereocenters. The number of aromatic hydroxyl groups is 1. The number of ether oxygens (including phenoxy) is 2. The number of benzene rings is 2. The summed E-state index contributed by atoms with van der Waals surface area (Å²) in [7, 11) is 1.23. The second-order valence-corrected chi connectivity index (χ2v) is 16.0. The van der Waals surface area contributed by atoms with Crippen molar-refractivity contribution in [3.8, 4) is 34.3 Å². The molecule has 21 heteroatoms. The maximum absolute atomic E-state index is 10.8. The van der Waals surface area contributed by atoms with Crippen LogP contribution in [0.15, 0.2) is 97.8 Å². The van der Waals surface area contributed by atoms with Crippen molar-refractivity contribution in [2.75, 3.05) is 43.1 Å². The fourth-order valence-electron chi connectivity index (χ4n) is 7.16. The summed E-state index contributed by atoms with van der Waals surface area (Å²) in [6.45, 7) is 3.29. The molecular formula is C47H50Cl2N12O7. The van der Waals surface area contributed by atoms with E-state index in [0.29, 0.717) is 15.8 Å². The molecule has 2 aliphatic rings. The molecule has 0 unspecified atom stereocenters. The summed E-state index contributed by atoms with van der Waals surface area (Å²) in [6, 6.07) is 19.2. The van der Waals surface area contributed by atoms with Crippen LogP contribution in [-0.4, -0.2) is 123 Å². The van der Waals surface area contributed by atoms with Crippen LogP contribution in [0.4, 0.5) is 11.6 Å². The van der Waals surface area contributed by atoms with Gasteiger partial charge in [0.1, 0.15) is 29.4 Å². The van der Waals surface area contributed by atoms with Gasteiger partial charge in [0.05, 0.1) is 60.1 Å². The van der Waals surface area contributed by atoms with Crippen molar-refractivity contribution in [2.24, 2.45) is 0 Å². The minimum absolute atomic E-state index is 0. The molecule has 68 heavy (non-hydrogen) atoms. The SMILES string of the molecule is C.C.COC(=O)c1ncc(O)cn1.O=C(O)c1ncc(OC2CCN(c3ccc(-c4nc5ccc(Cl)cc5[nH]4)cn3)CC2)cn1.OC1CCN(c2ccc(-c3nc4ccc(Cl)cc4[nH]3)cn2)CC1. The lowest BCUT2D eigenvalue weighted by atomic mass is 10.1. The molecule has 354 valence electrons. The number of H-pyrrole nitrogens is 2. The van der Waals surface area contributed by atoms with Gasteiger partial charge in [-0.05, 0) is 73.5 Å². The highest BCUT2D eigenvalue weighted by Crippen LogP contribution is 2.27. The zero-order chi connectivity index (χ0) is 46.2. The number of esters is 1. The number of aromatic nitrogens is 10. The Kier molecular flexibility index (Phi) is 16.8. The summed E-state index contributed by atoms with van der Waals surface area (Å²) in [5.74, 6) is 1.69. The van der Waals surface area contributed by atoms with Crippen LogP contribution in [0, 0.1) is 0 Å². The molecule has 10 rings (SSSR count). The van der Waals surface area contributed by atoms with E-state index in [9.17, 15) is 14.7 Å². The van der Waals surface area contributed by atoms with Gasteiger partial charge >= 0.3 is 11.9 Å². The first-order valence-electron chi connectivity index (χ1n) is 20.7. The van der Waals surface area contributed by atoms with Gasteiger partial charge in [0.25, 0.3) is 0 Å². The van der Waals surface area contributed by atoms with Gasteiger partial charge < -0.3 is 44.6 Å². The van der Waals surface area contributed by atoms with Gasteiger partial charge in [0.15, 0.2) is 11.5 Å². The number of fused-ring (bicyclic) bond motifs is 2. The highest BCUT2D eigenvalue weighted by molar-refractivity contribution is 6.31. The molecular weight excluding hydrogens is 915 g/mol. The van der Waals surface area contributed by atoms with Crippen LogP contribution in [0.3, 0.4) is 0 Å². The van der Waals surface area contributed by atoms with Gasteiger partial charge in [0.2, 0.25) is 11.6 Å². The minimum Gasteiger partial charge on any atom is -0.505 e. The normalized spacial score (nSPS) is 13.8. The molecule has 5 N–H and O–H groups in total. The molecule has 6 aromatic heterocycles. The number of carboxylic acid groups (broad SMARTS) is 1. The summed E-state index contributed by atoms with van der Waals surface area (Å²) in [5, 5.41) is 28.5. The zero-order valence-corrected chi connectivity index (χ0v) is 36.8. The number of aromatic carboxylic acids is 1. The molecule has 19 nitrogen and oxygen atoms in total. The number of carbonyl (C=O) groups is 2. The van der Waals surface area contributed by atoms with Crippen LogP contribution >= 0.6 is 23.2 Å². The van der Waals surface area contributed by atoms with Crippen molar-refractivity contribution in [2.45, 2.75) is 52.7 Å². The fraction of sp³-hybridized carbons (Fsp3) is 0.277. The fourth-order valence-corrected chi connectivity index (χ4v) is 7.50. The second-order valence-electron chi connectivity index (χ2n) is 15.1. The van der Waals surface area contributed by atoms with E-state index in [0.717, 1.165) is 121 Å². The second kappa shape index (κ2) is 22.8. The lowest BCUT2D eigenvalue weighted by molar-refractivity contribution is 0.0585. The molecule has 2 aliphatic heterocycles.